The number of nitrogens with two attached hydrogens (primary N) is 1. The third-order valence-corrected chi connectivity index (χ3v) is 2.60. The molecule has 0 aromatic heterocycles. The largest absolute Gasteiger partial charge is 0.393 e. The van der Waals surface area contributed by atoms with Crippen molar-refractivity contribution in [3.8, 4) is 0 Å². The van der Waals surface area contributed by atoms with Gasteiger partial charge in [-0.3, -0.25) is 10.1 Å². The Morgan fingerprint density at radius 3 is 2.82 bits per heavy atom. The van der Waals surface area contributed by atoms with Gasteiger partial charge >= 0.3 is 5.69 Å². The lowest BCUT2D eigenvalue weighted by Crippen LogP contribution is -2.24. The fraction of sp³-hybridized carbons (Fsp3) is 0.455. The maximum absolute atomic E-state index is 10.9. The number of para-hydroxylation sites is 1. The van der Waals surface area contributed by atoms with E-state index in [0.717, 1.165) is 13.1 Å². The zero-order chi connectivity index (χ0) is 12.8. The van der Waals surface area contributed by atoms with Crippen molar-refractivity contribution in [2.45, 2.75) is 6.92 Å². The number of nitrogen functional groups attached to an aromatic ring is 1. The third-order valence-electron chi connectivity index (χ3n) is 2.60. The van der Waals surface area contributed by atoms with Crippen molar-refractivity contribution in [1.82, 2.24) is 4.90 Å². The van der Waals surface area contributed by atoms with Crippen molar-refractivity contribution >= 4 is 17.1 Å². The van der Waals surface area contributed by atoms with Crippen molar-refractivity contribution in [2.75, 3.05) is 37.7 Å². The molecule has 0 radical (unpaired) electrons. The molecule has 6 nitrogen and oxygen atoms in total. The number of nitro groups is 1. The summed E-state index contributed by atoms with van der Waals surface area (Å²) in [5.41, 5.74) is 6.19. The zero-order valence-electron chi connectivity index (χ0n) is 10.1. The first kappa shape index (κ1) is 13.2. The number of nitrogens with zero attached hydrogens (tertiary/aromatic N) is 2. The molecule has 17 heavy (non-hydrogen) atoms. The zero-order valence-corrected chi connectivity index (χ0v) is 10.1. The molecule has 0 atom stereocenters. The summed E-state index contributed by atoms with van der Waals surface area (Å²) in [4.78, 5) is 12.5. The van der Waals surface area contributed by atoms with E-state index in [9.17, 15) is 10.1 Å². The Morgan fingerprint density at radius 1 is 1.53 bits per heavy atom. The summed E-state index contributed by atoms with van der Waals surface area (Å²) in [6.45, 7) is 4.47. The molecule has 0 unspecified atom stereocenters. The fourth-order valence-electron chi connectivity index (χ4n) is 1.45. The van der Waals surface area contributed by atoms with Crippen molar-refractivity contribution < 1.29 is 4.92 Å². The van der Waals surface area contributed by atoms with E-state index in [1.165, 1.54) is 6.07 Å². The van der Waals surface area contributed by atoms with Crippen molar-refractivity contribution in [3.63, 3.8) is 0 Å². The summed E-state index contributed by atoms with van der Waals surface area (Å²) in [6, 6.07) is 4.90. The first-order valence-electron chi connectivity index (χ1n) is 5.51. The van der Waals surface area contributed by atoms with Crippen LogP contribution in [0.5, 0.6) is 0 Å². The highest BCUT2D eigenvalue weighted by atomic mass is 16.6. The van der Waals surface area contributed by atoms with Crippen LogP contribution in [0.15, 0.2) is 18.2 Å². The standard InChI is InChI=1S/C11H18N4O2/c1-3-14(2)8-7-13-10-6-4-5-9(12)11(10)15(16)17/h4-6,13H,3,7-8,12H2,1-2H3. The molecule has 1 aromatic carbocycles. The molecule has 0 spiro atoms. The second kappa shape index (κ2) is 6.05. The molecule has 0 saturated heterocycles. The second-order valence-electron chi connectivity index (χ2n) is 3.82. The number of hydrogen-bond acceptors (Lipinski definition) is 5. The lowest BCUT2D eigenvalue weighted by molar-refractivity contribution is -0.383. The van der Waals surface area contributed by atoms with Crippen molar-refractivity contribution in [1.29, 1.82) is 0 Å². The van der Waals surface area contributed by atoms with Gasteiger partial charge in [0, 0.05) is 13.1 Å². The van der Waals surface area contributed by atoms with E-state index in [1.807, 2.05) is 7.05 Å². The number of hydrogen-bond donors (Lipinski definition) is 2. The minimum atomic E-state index is -0.457. The molecule has 0 bridgehead atoms. The number of rotatable bonds is 6. The molecule has 0 amide bonds. The van der Waals surface area contributed by atoms with Gasteiger partial charge < -0.3 is 16.0 Å². The Labute approximate surface area is 101 Å². The van der Waals surface area contributed by atoms with Gasteiger partial charge in [0.2, 0.25) is 0 Å². The summed E-state index contributed by atoms with van der Waals surface area (Å²) >= 11 is 0. The van der Waals surface area contributed by atoms with E-state index in [0.29, 0.717) is 12.2 Å². The Morgan fingerprint density at radius 2 is 2.24 bits per heavy atom. The van der Waals surface area contributed by atoms with Crippen LogP contribution in [-0.4, -0.2) is 36.5 Å². The van der Waals surface area contributed by atoms with Gasteiger partial charge in [-0.2, -0.15) is 0 Å². The van der Waals surface area contributed by atoms with Gasteiger partial charge in [0.1, 0.15) is 11.4 Å². The molecule has 3 N–H and O–H groups in total. The first-order valence-corrected chi connectivity index (χ1v) is 5.51. The Kier molecular flexibility index (Phi) is 4.71. The van der Waals surface area contributed by atoms with Crippen LogP contribution in [0.1, 0.15) is 6.92 Å². The highest BCUT2D eigenvalue weighted by Gasteiger charge is 2.16. The highest BCUT2D eigenvalue weighted by molar-refractivity contribution is 5.74. The molecule has 94 valence electrons. The van der Waals surface area contributed by atoms with E-state index in [4.69, 9.17) is 5.73 Å². The molecular formula is C11H18N4O2. The predicted molar refractivity (Wildman–Crippen MR) is 69.2 cm³/mol. The van der Waals surface area contributed by atoms with Crippen LogP contribution in [0.4, 0.5) is 17.1 Å². The number of nitro benzene ring substituents is 1. The van der Waals surface area contributed by atoms with E-state index < -0.39 is 4.92 Å². The molecule has 0 heterocycles. The van der Waals surface area contributed by atoms with Gasteiger partial charge in [-0.05, 0) is 25.7 Å². The quantitative estimate of drug-likeness (QED) is 0.446. The molecule has 1 rings (SSSR count). The maximum atomic E-state index is 10.9. The smallest absolute Gasteiger partial charge is 0.314 e. The maximum Gasteiger partial charge on any atom is 0.314 e. The minimum Gasteiger partial charge on any atom is -0.393 e. The highest BCUT2D eigenvalue weighted by Crippen LogP contribution is 2.30. The SMILES string of the molecule is CCN(C)CCNc1cccc(N)c1[N+](=O)[O-]. The van der Waals surface area contributed by atoms with E-state index in [-0.39, 0.29) is 11.4 Å². The topological polar surface area (TPSA) is 84.4 Å². The number of benzene rings is 1. The van der Waals surface area contributed by atoms with Gasteiger partial charge in [-0.1, -0.05) is 13.0 Å². The average molecular weight is 238 g/mol. The Balaban J connectivity index is 2.71. The summed E-state index contributed by atoms with van der Waals surface area (Å²) in [5, 5.41) is 13.9. The lowest BCUT2D eigenvalue weighted by Gasteiger charge is -2.14. The predicted octanol–water partition coefficient (Wildman–Crippen LogP) is 1.54. The van der Waals surface area contributed by atoms with Gasteiger partial charge in [0.15, 0.2) is 0 Å². The van der Waals surface area contributed by atoms with Crippen LogP contribution in [0.3, 0.4) is 0 Å². The van der Waals surface area contributed by atoms with Crippen LogP contribution in [0.2, 0.25) is 0 Å². The van der Waals surface area contributed by atoms with Gasteiger partial charge in [-0.25, -0.2) is 0 Å². The Bertz CT molecular complexity index is 395. The summed E-state index contributed by atoms with van der Waals surface area (Å²) < 4.78 is 0. The molecule has 6 heteroatoms. The summed E-state index contributed by atoms with van der Waals surface area (Å²) in [7, 11) is 2.00. The molecule has 0 aliphatic carbocycles. The molecule has 1 aromatic rings. The van der Waals surface area contributed by atoms with Gasteiger partial charge in [0.05, 0.1) is 4.92 Å². The van der Waals surface area contributed by atoms with Gasteiger partial charge in [0.25, 0.3) is 0 Å². The van der Waals surface area contributed by atoms with Crippen LogP contribution < -0.4 is 11.1 Å². The normalized spacial score (nSPS) is 10.5. The molecule has 0 aliphatic heterocycles. The van der Waals surface area contributed by atoms with Crippen LogP contribution >= 0.6 is 0 Å². The summed E-state index contributed by atoms with van der Waals surface area (Å²) in [5.74, 6) is 0. The number of anilines is 2. The fourth-order valence-corrected chi connectivity index (χ4v) is 1.45. The van der Waals surface area contributed by atoms with E-state index in [1.54, 1.807) is 12.1 Å². The first-order chi connectivity index (χ1) is 8.06. The third kappa shape index (κ3) is 3.60. The summed E-state index contributed by atoms with van der Waals surface area (Å²) in [6.07, 6.45) is 0. The van der Waals surface area contributed by atoms with Crippen LogP contribution in [0.25, 0.3) is 0 Å². The molecule has 0 saturated carbocycles. The lowest BCUT2D eigenvalue weighted by atomic mass is 10.2. The number of likely N-dealkylation sites (N-methyl/N-ethyl adjacent to an activating group) is 1. The average Bonchev–Trinajstić information content (AvgIpc) is 2.28. The molecule has 0 aliphatic rings. The Hall–Kier alpha value is -1.82. The number of nitrogens with one attached hydrogen (secondary N) is 1. The monoisotopic (exact) mass is 238 g/mol. The van der Waals surface area contributed by atoms with Crippen molar-refractivity contribution in [3.05, 3.63) is 28.3 Å². The van der Waals surface area contributed by atoms with Crippen molar-refractivity contribution in [2.24, 2.45) is 0 Å². The van der Waals surface area contributed by atoms with E-state index in [2.05, 4.69) is 17.1 Å². The van der Waals surface area contributed by atoms with Gasteiger partial charge in [-0.15, -0.1) is 0 Å². The molecular weight excluding hydrogens is 220 g/mol. The minimum absolute atomic E-state index is 0.0494. The second-order valence-corrected chi connectivity index (χ2v) is 3.82. The van der Waals surface area contributed by atoms with Crippen LogP contribution in [-0.2, 0) is 0 Å². The van der Waals surface area contributed by atoms with E-state index >= 15 is 0 Å². The molecule has 0 fully saturated rings. The van der Waals surface area contributed by atoms with Crippen LogP contribution in [0, 0.1) is 10.1 Å².